The molecule has 1 N–H and O–H groups in total. The second kappa shape index (κ2) is 3.26. The van der Waals surface area contributed by atoms with E-state index >= 15 is 0 Å². The average molecular weight is 157 g/mol. The number of anilines is 1. The minimum absolute atomic E-state index is 0.904. The van der Waals surface area contributed by atoms with Crippen molar-refractivity contribution in [3.8, 4) is 0 Å². The average Bonchev–Trinajstić information content (AvgIpc) is 2.06. The summed E-state index contributed by atoms with van der Waals surface area (Å²) in [6, 6.07) is 8.30. The number of para-hydroxylation sites is 1. The molecular formula is C11H11N. The van der Waals surface area contributed by atoms with E-state index in [0.717, 1.165) is 6.54 Å². The van der Waals surface area contributed by atoms with Crippen molar-refractivity contribution in [3.63, 3.8) is 0 Å². The highest BCUT2D eigenvalue weighted by molar-refractivity contribution is 5.67. The molecule has 0 unspecified atom stereocenters. The molecule has 0 saturated carbocycles. The zero-order valence-corrected chi connectivity index (χ0v) is 6.83. The van der Waals surface area contributed by atoms with E-state index < -0.39 is 0 Å². The molecule has 60 valence electrons. The molecule has 1 heteroatoms. The summed E-state index contributed by atoms with van der Waals surface area (Å²) in [5, 5.41) is 3.33. The van der Waals surface area contributed by atoms with Gasteiger partial charge < -0.3 is 5.32 Å². The largest absolute Gasteiger partial charge is 0.381 e. The van der Waals surface area contributed by atoms with E-state index in [9.17, 15) is 0 Å². The van der Waals surface area contributed by atoms with Crippen molar-refractivity contribution in [1.82, 2.24) is 0 Å². The minimum Gasteiger partial charge on any atom is -0.381 e. The Morgan fingerprint density at radius 2 is 2.00 bits per heavy atom. The van der Waals surface area contributed by atoms with Crippen molar-refractivity contribution in [2.45, 2.75) is 0 Å². The molecule has 0 spiro atoms. The normalized spacial score (nSPS) is 17.0. The summed E-state index contributed by atoms with van der Waals surface area (Å²) >= 11 is 0. The van der Waals surface area contributed by atoms with Gasteiger partial charge in [-0.2, -0.15) is 0 Å². The lowest BCUT2D eigenvalue weighted by Crippen LogP contribution is -2.00. The number of hydrogen-bond donors (Lipinski definition) is 1. The van der Waals surface area contributed by atoms with Crippen LogP contribution in [0.25, 0.3) is 6.08 Å². The Bertz CT molecular complexity index is 324. The molecular weight excluding hydrogens is 146 g/mol. The quantitative estimate of drug-likeness (QED) is 0.610. The van der Waals surface area contributed by atoms with Gasteiger partial charge in [-0.15, -0.1) is 0 Å². The molecule has 0 radical (unpaired) electrons. The first-order valence-electron chi connectivity index (χ1n) is 4.13. The summed E-state index contributed by atoms with van der Waals surface area (Å²) in [6.45, 7) is 0.904. The number of rotatable bonds is 0. The second-order valence-electron chi connectivity index (χ2n) is 2.76. The van der Waals surface area contributed by atoms with Gasteiger partial charge in [0.15, 0.2) is 0 Å². The monoisotopic (exact) mass is 157 g/mol. The molecule has 1 nitrogen and oxygen atoms in total. The van der Waals surface area contributed by atoms with Crippen molar-refractivity contribution in [2.75, 3.05) is 11.9 Å². The highest BCUT2D eigenvalue weighted by Crippen LogP contribution is 2.17. The van der Waals surface area contributed by atoms with Gasteiger partial charge in [0.2, 0.25) is 0 Å². The molecule has 0 fully saturated rings. The van der Waals surface area contributed by atoms with Crippen LogP contribution < -0.4 is 5.32 Å². The predicted molar refractivity (Wildman–Crippen MR) is 53.1 cm³/mol. The third kappa shape index (κ3) is 1.40. The van der Waals surface area contributed by atoms with Crippen LogP contribution >= 0.6 is 0 Å². The van der Waals surface area contributed by atoms with Gasteiger partial charge >= 0.3 is 0 Å². The van der Waals surface area contributed by atoms with Gasteiger partial charge in [0.1, 0.15) is 0 Å². The van der Waals surface area contributed by atoms with Crippen molar-refractivity contribution < 1.29 is 0 Å². The predicted octanol–water partition coefficient (Wildman–Crippen LogP) is 2.68. The molecule has 0 aliphatic carbocycles. The molecule has 0 amide bonds. The van der Waals surface area contributed by atoms with Gasteiger partial charge in [0.05, 0.1) is 0 Å². The number of fused-ring (bicyclic) bond motifs is 1. The standard InChI is InChI=1S/C11H11N/c1-2-6-10-7-3-4-8-11(10)12-9-5-1/h1-8,12H,9H2/b5-1?,6-2-. The molecule has 0 atom stereocenters. The van der Waals surface area contributed by atoms with Gasteiger partial charge in [-0.1, -0.05) is 42.5 Å². The van der Waals surface area contributed by atoms with E-state index in [0.29, 0.717) is 0 Å². The molecule has 0 bridgehead atoms. The fourth-order valence-electron chi connectivity index (χ4n) is 1.28. The number of allylic oxidation sites excluding steroid dienone is 2. The second-order valence-corrected chi connectivity index (χ2v) is 2.76. The lowest BCUT2D eigenvalue weighted by molar-refractivity contribution is 1.32. The van der Waals surface area contributed by atoms with Gasteiger partial charge in [-0.25, -0.2) is 0 Å². The van der Waals surface area contributed by atoms with Gasteiger partial charge in [-0.05, 0) is 11.6 Å². The SMILES string of the molecule is C1=CCNc2ccccc2/C=C\1. The van der Waals surface area contributed by atoms with Crippen LogP contribution in [0.2, 0.25) is 0 Å². The molecule has 2 rings (SSSR count). The summed E-state index contributed by atoms with van der Waals surface area (Å²) in [7, 11) is 0. The van der Waals surface area contributed by atoms with Crippen molar-refractivity contribution in [2.24, 2.45) is 0 Å². The summed E-state index contributed by atoms with van der Waals surface area (Å²) in [4.78, 5) is 0. The van der Waals surface area contributed by atoms with Crippen LogP contribution in [0.1, 0.15) is 5.56 Å². The fourth-order valence-corrected chi connectivity index (χ4v) is 1.28. The third-order valence-electron chi connectivity index (χ3n) is 1.89. The van der Waals surface area contributed by atoms with Gasteiger partial charge in [0.25, 0.3) is 0 Å². The van der Waals surface area contributed by atoms with E-state index in [1.54, 1.807) is 0 Å². The maximum atomic E-state index is 3.33. The van der Waals surface area contributed by atoms with Crippen LogP contribution in [0.5, 0.6) is 0 Å². The van der Waals surface area contributed by atoms with Crippen LogP contribution in [0.3, 0.4) is 0 Å². The summed E-state index contributed by atoms with van der Waals surface area (Å²) in [5.74, 6) is 0. The van der Waals surface area contributed by atoms with E-state index in [4.69, 9.17) is 0 Å². The Labute approximate surface area is 72.4 Å². The topological polar surface area (TPSA) is 12.0 Å². The van der Waals surface area contributed by atoms with Gasteiger partial charge in [0, 0.05) is 12.2 Å². The Kier molecular flexibility index (Phi) is 1.95. The van der Waals surface area contributed by atoms with Crippen LogP contribution in [-0.4, -0.2) is 6.54 Å². The Morgan fingerprint density at radius 3 is 3.00 bits per heavy atom. The number of benzene rings is 1. The number of hydrogen-bond acceptors (Lipinski definition) is 1. The molecule has 0 aromatic heterocycles. The molecule has 1 aromatic carbocycles. The van der Waals surface area contributed by atoms with Crippen LogP contribution in [0.15, 0.2) is 42.5 Å². The molecule has 1 aromatic rings. The molecule has 12 heavy (non-hydrogen) atoms. The van der Waals surface area contributed by atoms with Crippen LogP contribution in [0, 0.1) is 0 Å². The fraction of sp³-hybridized carbons (Fsp3) is 0.0909. The first-order chi connectivity index (χ1) is 5.97. The Morgan fingerprint density at radius 1 is 1.08 bits per heavy atom. The van der Waals surface area contributed by atoms with E-state index in [-0.39, 0.29) is 0 Å². The maximum absolute atomic E-state index is 3.33. The van der Waals surface area contributed by atoms with Crippen LogP contribution in [0.4, 0.5) is 5.69 Å². The molecule has 0 saturated heterocycles. The van der Waals surface area contributed by atoms with E-state index in [2.05, 4.69) is 47.8 Å². The Balaban J connectivity index is 2.43. The molecule has 1 heterocycles. The zero-order chi connectivity index (χ0) is 8.23. The van der Waals surface area contributed by atoms with E-state index in [1.807, 2.05) is 6.07 Å². The minimum atomic E-state index is 0.904. The highest BCUT2D eigenvalue weighted by atomic mass is 14.9. The summed E-state index contributed by atoms with van der Waals surface area (Å²) < 4.78 is 0. The smallest absolute Gasteiger partial charge is 0.0416 e. The molecule has 1 aliphatic heterocycles. The van der Waals surface area contributed by atoms with Crippen molar-refractivity contribution in [1.29, 1.82) is 0 Å². The third-order valence-corrected chi connectivity index (χ3v) is 1.89. The number of nitrogens with one attached hydrogen (secondary N) is 1. The summed E-state index contributed by atoms with van der Waals surface area (Å²) in [6.07, 6.45) is 8.34. The highest BCUT2D eigenvalue weighted by Gasteiger charge is 1.96. The zero-order valence-electron chi connectivity index (χ0n) is 6.83. The van der Waals surface area contributed by atoms with Crippen LogP contribution in [-0.2, 0) is 0 Å². The van der Waals surface area contributed by atoms with Crippen molar-refractivity contribution in [3.05, 3.63) is 48.1 Å². The lowest BCUT2D eigenvalue weighted by Gasteiger charge is -2.08. The first-order valence-corrected chi connectivity index (χ1v) is 4.13. The Hall–Kier alpha value is -1.50. The first kappa shape index (κ1) is 7.17. The van der Waals surface area contributed by atoms with Crippen molar-refractivity contribution >= 4 is 11.8 Å². The van der Waals surface area contributed by atoms with E-state index in [1.165, 1.54) is 11.3 Å². The molecule has 1 aliphatic rings. The lowest BCUT2D eigenvalue weighted by atomic mass is 10.1. The van der Waals surface area contributed by atoms with Gasteiger partial charge in [-0.3, -0.25) is 0 Å². The maximum Gasteiger partial charge on any atom is 0.0416 e. The summed E-state index contributed by atoms with van der Waals surface area (Å²) in [5.41, 5.74) is 2.46.